The molecule has 6 heteroatoms. The fraction of sp³-hybridized carbons (Fsp3) is 0.400. The summed E-state index contributed by atoms with van der Waals surface area (Å²) in [4.78, 5) is 14.3. The topological polar surface area (TPSA) is 53.4 Å². The molecule has 16 heavy (non-hydrogen) atoms. The van der Waals surface area contributed by atoms with Gasteiger partial charge in [0.25, 0.3) is 11.9 Å². The minimum Gasteiger partial charge on any atom is -0.459 e. The zero-order valence-corrected chi connectivity index (χ0v) is 10.0. The molecule has 1 aromatic heterocycles. The van der Waals surface area contributed by atoms with Crippen molar-refractivity contribution in [1.29, 1.82) is 5.41 Å². The number of nitrogens with zero attached hydrogens (tertiary/aromatic N) is 1. The van der Waals surface area contributed by atoms with Gasteiger partial charge in [-0.1, -0.05) is 6.07 Å². The number of thiophene rings is 1. The molecule has 3 rings (SSSR count). The quantitative estimate of drug-likeness (QED) is 0.829. The Morgan fingerprint density at radius 2 is 2.44 bits per heavy atom. The molecule has 4 nitrogen and oxygen atoms in total. The molecule has 2 saturated heterocycles. The summed E-state index contributed by atoms with van der Waals surface area (Å²) in [6.07, 6.45) is 0.0152. The summed E-state index contributed by atoms with van der Waals surface area (Å²) >= 11 is 3.18. The molecule has 1 aromatic rings. The number of hydrogen-bond acceptors (Lipinski definition) is 5. The van der Waals surface area contributed by atoms with E-state index in [1.807, 2.05) is 11.4 Å². The van der Waals surface area contributed by atoms with Crippen molar-refractivity contribution in [1.82, 2.24) is 4.90 Å². The molecule has 0 aromatic carbocycles. The molecule has 1 amide bonds. The van der Waals surface area contributed by atoms with Crippen LogP contribution in [0.5, 0.6) is 0 Å². The predicted octanol–water partition coefficient (Wildman–Crippen LogP) is 1.64. The number of rotatable bonds is 1. The van der Waals surface area contributed by atoms with Gasteiger partial charge in [0.2, 0.25) is 0 Å². The number of fused-ring (bicyclic) bond motifs is 1. The minimum absolute atomic E-state index is 0.00806. The molecule has 0 saturated carbocycles. The van der Waals surface area contributed by atoms with Crippen molar-refractivity contribution < 1.29 is 9.53 Å². The van der Waals surface area contributed by atoms with Gasteiger partial charge in [-0.15, -0.1) is 11.3 Å². The van der Waals surface area contributed by atoms with E-state index in [2.05, 4.69) is 0 Å². The van der Waals surface area contributed by atoms with E-state index in [0.29, 0.717) is 4.88 Å². The lowest BCUT2D eigenvalue weighted by Gasteiger charge is -2.18. The third-order valence-corrected chi connectivity index (χ3v) is 4.76. The normalized spacial score (nSPS) is 28.0. The van der Waals surface area contributed by atoms with Crippen LogP contribution in [0.1, 0.15) is 9.67 Å². The molecular weight excluding hydrogens is 244 g/mol. The molecule has 2 aliphatic heterocycles. The monoisotopic (exact) mass is 254 g/mol. The van der Waals surface area contributed by atoms with Crippen molar-refractivity contribution in [3.63, 3.8) is 0 Å². The van der Waals surface area contributed by atoms with Gasteiger partial charge in [-0.2, -0.15) is 11.8 Å². The molecule has 84 valence electrons. The van der Waals surface area contributed by atoms with Crippen LogP contribution in [0, 0.1) is 5.41 Å². The summed E-state index contributed by atoms with van der Waals surface area (Å²) < 4.78 is 5.39. The highest BCUT2D eigenvalue weighted by atomic mass is 32.2. The standard InChI is InChI=1S/C10H10N2O2S2/c11-10-12(6-4-15-5-7(6)14-10)9(13)8-2-1-3-16-8/h1-3,6-7,11H,4-5H2. The minimum atomic E-state index is -0.102. The summed E-state index contributed by atoms with van der Waals surface area (Å²) in [5.41, 5.74) is 0. The van der Waals surface area contributed by atoms with Crippen LogP contribution in [0.15, 0.2) is 17.5 Å². The molecular formula is C10H10N2O2S2. The van der Waals surface area contributed by atoms with Gasteiger partial charge >= 0.3 is 0 Å². The maximum atomic E-state index is 12.2. The van der Waals surface area contributed by atoms with Gasteiger partial charge in [-0.05, 0) is 11.4 Å². The first-order chi connectivity index (χ1) is 7.77. The summed E-state index contributed by atoms with van der Waals surface area (Å²) in [5.74, 6) is 1.64. The van der Waals surface area contributed by atoms with Gasteiger partial charge in [0.05, 0.1) is 10.9 Å². The number of ether oxygens (including phenoxy) is 1. The molecule has 2 fully saturated rings. The third kappa shape index (κ3) is 1.44. The Morgan fingerprint density at radius 3 is 3.19 bits per heavy atom. The molecule has 0 radical (unpaired) electrons. The smallest absolute Gasteiger partial charge is 0.292 e. The maximum absolute atomic E-state index is 12.2. The van der Waals surface area contributed by atoms with E-state index in [1.165, 1.54) is 16.2 Å². The molecule has 2 aliphatic rings. The van der Waals surface area contributed by atoms with Gasteiger partial charge in [-0.3, -0.25) is 15.1 Å². The van der Waals surface area contributed by atoms with Crippen LogP contribution in [0.2, 0.25) is 0 Å². The molecule has 2 unspecified atom stereocenters. The maximum Gasteiger partial charge on any atom is 0.292 e. The van der Waals surface area contributed by atoms with Crippen molar-refractivity contribution in [2.45, 2.75) is 12.1 Å². The fourth-order valence-electron chi connectivity index (χ4n) is 1.99. The van der Waals surface area contributed by atoms with Crippen molar-refractivity contribution >= 4 is 35.0 Å². The van der Waals surface area contributed by atoms with Crippen molar-refractivity contribution in [2.75, 3.05) is 11.5 Å². The largest absolute Gasteiger partial charge is 0.459 e. The van der Waals surface area contributed by atoms with E-state index in [9.17, 15) is 4.79 Å². The highest BCUT2D eigenvalue weighted by Crippen LogP contribution is 2.32. The predicted molar refractivity (Wildman–Crippen MR) is 64.2 cm³/mol. The summed E-state index contributed by atoms with van der Waals surface area (Å²) in [7, 11) is 0. The second kappa shape index (κ2) is 3.78. The van der Waals surface area contributed by atoms with Gasteiger partial charge in [-0.25, -0.2) is 0 Å². The Hall–Kier alpha value is -1.01. The summed E-state index contributed by atoms with van der Waals surface area (Å²) in [6.45, 7) is 0. The van der Waals surface area contributed by atoms with E-state index in [0.717, 1.165) is 11.5 Å². The highest BCUT2D eigenvalue weighted by molar-refractivity contribution is 7.99. The van der Waals surface area contributed by atoms with Crippen LogP contribution in [0.3, 0.4) is 0 Å². The van der Waals surface area contributed by atoms with Crippen molar-refractivity contribution in [3.05, 3.63) is 22.4 Å². The van der Waals surface area contributed by atoms with E-state index in [1.54, 1.807) is 17.8 Å². The Morgan fingerprint density at radius 1 is 1.56 bits per heavy atom. The van der Waals surface area contributed by atoms with Crippen LogP contribution in [0.25, 0.3) is 0 Å². The summed E-state index contributed by atoms with van der Waals surface area (Å²) in [5, 5.41) is 9.58. The number of amidine groups is 1. The number of carbonyl (C=O) groups is 1. The van der Waals surface area contributed by atoms with E-state index in [4.69, 9.17) is 10.1 Å². The first-order valence-corrected chi connectivity index (χ1v) is 7.01. The lowest BCUT2D eigenvalue weighted by molar-refractivity contribution is 0.0828. The van der Waals surface area contributed by atoms with Gasteiger partial charge in [0.15, 0.2) is 0 Å². The van der Waals surface area contributed by atoms with E-state index < -0.39 is 0 Å². The van der Waals surface area contributed by atoms with Gasteiger partial charge in [0.1, 0.15) is 6.10 Å². The zero-order valence-electron chi connectivity index (χ0n) is 8.38. The highest BCUT2D eigenvalue weighted by Gasteiger charge is 2.46. The van der Waals surface area contributed by atoms with Gasteiger partial charge in [0, 0.05) is 11.5 Å². The van der Waals surface area contributed by atoms with Crippen LogP contribution in [0.4, 0.5) is 0 Å². The number of amides is 1. The first-order valence-electron chi connectivity index (χ1n) is 4.97. The van der Waals surface area contributed by atoms with Crippen molar-refractivity contribution in [3.8, 4) is 0 Å². The third-order valence-electron chi connectivity index (χ3n) is 2.76. The average Bonchev–Trinajstić information content (AvgIpc) is 2.89. The van der Waals surface area contributed by atoms with Crippen LogP contribution >= 0.6 is 23.1 Å². The second-order valence-electron chi connectivity index (χ2n) is 3.72. The van der Waals surface area contributed by atoms with Crippen LogP contribution in [-0.4, -0.2) is 40.5 Å². The SMILES string of the molecule is N=C1OC2CSCC2N1C(=O)c1cccs1. The Bertz CT molecular complexity index is 432. The number of hydrogen-bond donors (Lipinski definition) is 1. The lowest BCUT2D eigenvalue weighted by Crippen LogP contribution is -2.40. The van der Waals surface area contributed by atoms with Crippen LogP contribution in [-0.2, 0) is 4.74 Å². The molecule has 0 bridgehead atoms. The van der Waals surface area contributed by atoms with Crippen LogP contribution < -0.4 is 0 Å². The van der Waals surface area contributed by atoms with E-state index in [-0.39, 0.29) is 24.1 Å². The lowest BCUT2D eigenvalue weighted by atomic mass is 10.2. The molecule has 3 heterocycles. The van der Waals surface area contributed by atoms with Crippen molar-refractivity contribution in [2.24, 2.45) is 0 Å². The molecule has 0 aliphatic carbocycles. The first kappa shape index (κ1) is 10.2. The van der Waals surface area contributed by atoms with E-state index >= 15 is 0 Å². The fourth-order valence-corrected chi connectivity index (χ4v) is 3.91. The summed E-state index contributed by atoms with van der Waals surface area (Å²) in [6, 6.07) is 3.69. The molecule has 1 N–H and O–H groups in total. The number of nitrogens with one attached hydrogen (secondary N) is 1. The average molecular weight is 254 g/mol. The Labute approximate surface area is 101 Å². The molecule has 0 spiro atoms. The Kier molecular flexibility index (Phi) is 2.40. The number of thioether (sulfide) groups is 1. The zero-order chi connectivity index (χ0) is 11.1. The van der Waals surface area contributed by atoms with Gasteiger partial charge < -0.3 is 4.74 Å². The molecule has 2 atom stereocenters. The Balaban J connectivity index is 1.89. The second-order valence-corrected chi connectivity index (χ2v) is 5.74. The number of carbonyl (C=O) groups excluding carboxylic acids is 1.